The van der Waals surface area contributed by atoms with E-state index < -0.39 is 47.4 Å². The number of alkyl halides is 6. The van der Waals surface area contributed by atoms with E-state index in [1.165, 1.54) is 37.4 Å². The molecule has 1 unspecified atom stereocenters. The summed E-state index contributed by atoms with van der Waals surface area (Å²) in [6.45, 7) is 3.52. The van der Waals surface area contributed by atoms with Crippen LogP contribution in [0, 0.1) is 12.7 Å². The summed E-state index contributed by atoms with van der Waals surface area (Å²) in [5, 5.41) is 0. The van der Waals surface area contributed by atoms with E-state index in [0.717, 1.165) is 31.2 Å². The number of benzene rings is 2. The van der Waals surface area contributed by atoms with Crippen LogP contribution in [0.2, 0.25) is 0 Å². The van der Waals surface area contributed by atoms with Crippen LogP contribution in [0.5, 0.6) is 0 Å². The highest BCUT2D eigenvalue weighted by atomic mass is 19.4. The summed E-state index contributed by atoms with van der Waals surface area (Å²) in [6.07, 6.45) is -3.89. The highest BCUT2D eigenvalue weighted by molar-refractivity contribution is 5.76. The lowest BCUT2D eigenvalue weighted by Crippen LogP contribution is -2.47. The summed E-state index contributed by atoms with van der Waals surface area (Å²) in [7, 11) is 3.42. The van der Waals surface area contributed by atoms with E-state index in [0.29, 0.717) is 36.7 Å². The van der Waals surface area contributed by atoms with Crippen molar-refractivity contribution in [2.45, 2.75) is 88.9 Å². The van der Waals surface area contributed by atoms with Gasteiger partial charge in [0.2, 0.25) is 0 Å². The lowest BCUT2D eigenvalue weighted by molar-refractivity contribution is -0.143. The first kappa shape index (κ1) is 31.1. The maximum atomic E-state index is 14.0. The topological polar surface area (TPSA) is 26.8 Å². The van der Waals surface area contributed by atoms with Crippen molar-refractivity contribution in [1.82, 2.24) is 14.7 Å². The van der Waals surface area contributed by atoms with Gasteiger partial charge in [-0.2, -0.15) is 26.3 Å². The number of hydrogen-bond donors (Lipinski definition) is 0. The van der Waals surface area contributed by atoms with Crippen molar-refractivity contribution in [3.05, 3.63) is 70.0 Å². The number of aryl methyl sites for hydroxylation is 1. The zero-order chi connectivity index (χ0) is 30.3. The Morgan fingerprint density at radius 3 is 2.02 bits per heavy atom. The van der Waals surface area contributed by atoms with Crippen LogP contribution in [-0.2, 0) is 12.4 Å². The van der Waals surface area contributed by atoms with Gasteiger partial charge in [-0.05, 0) is 87.2 Å². The number of carbonyl (C=O) groups excluding carboxylic acids is 1. The van der Waals surface area contributed by atoms with Gasteiger partial charge in [0.25, 0.3) is 0 Å². The summed E-state index contributed by atoms with van der Waals surface area (Å²) in [6, 6.07) is 3.99. The monoisotopic (exact) mass is 587 g/mol. The van der Waals surface area contributed by atoms with Crippen LogP contribution in [0.25, 0.3) is 0 Å². The van der Waals surface area contributed by atoms with Gasteiger partial charge in [0.1, 0.15) is 5.82 Å². The second kappa shape index (κ2) is 11.8. The van der Waals surface area contributed by atoms with Gasteiger partial charge in [0, 0.05) is 25.7 Å². The van der Waals surface area contributed by atoms with Crippen molar-refractivity contribution in [1.29, 1.82) is 0 Å². The molecular formula is C30H36F7N3O. The number of likely N-dealkylation sites (tertiary alicyclic amines) is 1. The van der Waals surface area contributed by atoms with Crippen molar-refractivity contribution in [2.24, 2.45) is 0 Å². The van der Waals surface area contributed by atoms with Crippen LogP contribution >= 0.6 is 0 Å². The molecule has 3 atom stereocenters. The Morgan fingerprint density at radius 1 is 0.902 bits per heavy atom. The van der Waals surface area contributed by atoms with Crippen molar-refractivity contribution in [3.63, 3.8) is 0 Å². The SMILES string of the molecule is Cc1cc(F)ccc1C1[C@@H](N(C)C2CCCCC2)CCN1C(=O)N(C)[C@@H](C)c1cc(C(F)(F)F)cc(C(F)(F)F)c1. The van der Waals surface area contributed by atoms with E-state index in [1.54, 1.807) is 17.9 Å². The third kappa shape index (κ3) is 6.65. The lowest BCUT2D eigenvalue weighted by atomic mass is 9.90. The molecule has 2 aliphatic rings. The van der Waals surface area contributed by atoms with Gasteiger partial charge < -0.3 is 9.80 Å². The number of likely N-dealkylation sites (N-methyl/N-ethyl adjacent to an activating group) is 1. The lowest BCUT2D eigenvalue weighted by Gasteiger charge is -2.41. The second-order valence-electron chi connectivity index (χ2n) is 11.4. The molecule has 2 amide bonds. The van der Waals surface area contributed by atoms with E-state index in [9.17, 15) is 35.5 Å². The number of hydrogen-bond acceptors (Lipinski definition) is 2. The average Bonchev–Trinajstić information content (AvgIpc) is 3.35. The van der Waals surface area contributed by atoms with Crippen molar-refractivity contribution >= 4 is 6.03 Å². The standard InChI is InChI=1S/C30H36F7N3O/c1-18-14-23(31)10-11-25(18)27-26(39(4)24-8-6-5-7-9-24)12-13-40(27)28(41)38(3)19(2)20-15-21(29(32,33)34)17-22(16-20)30(35,36)37/h10-11,14-17,19,24,26-27H,5-9,12-13H2,1-4H3/t19-,26-,27?/m0/s1. The van der Waals surface area contributed by atoms with Gasteiger partial charge in [-0.15, -0.1) is 0 Å². The molecule has 4 rings (SSSR count). The highest BCUT2D eigenvalue weighted by Crippen LogP contribution is 2.42. The van der Waals surface area contributed by atoms with Gasteiger partial charge in [0.15, 0.2) is 0 Å². The van der Waals surface area contributed by atoms with Crippen LogP contribution in [0.4, 0.5) is 35.5 Å². The minimum atomic E-state index is -4.99. The van der Waals surface area contributed by atoms with Gasteiger partial charge in [-0.3, -0.25) is 4.90 Å². The third-order valence-electron chi connectivity index (χ3n) is 8.81. The van der Waals surface area contributed by atoms with Crippen molar-refractivity contribution < 1.29 is 35.5 Å². The number of amides is 2. The van der Waals surface area contributed by atoms with E-state index in [1.807, 2.05) is 7.05 Å². The molecule has 0 aromatic heterocycles. The van der Waals surface area contributed by atoms with Gasteiger partial charge >= 0.3 is 18.4 Å². The second-order valence-corrected chi connectivity index (χ2v) is 11.4. The number of nitrogens with zero attached hydrogens (tertiary/aromatic N) is 3. The van der Waals surface area contributed by atoms with Crippen molar-refractivity contribution in [3.8, 4) is 0 Å². The van der Waals surface area contributed by atoms with Gasteiger partial charge in [-0.1, -0.05) is 25.3 Å². The first-order valence-electron chi connectivity index (χ1n) is 13.9. The molecule has 0 bridgehead atoms. The summed E-state index contributed by atoms with van der Waals surface area (Å²) < 4.78 is 95.0. The molecule has 0 N–H and O–H groups in total. The molecule has 2 aromatic carbocycles. The minimum absolute atomic E-state index is 0.0809. The molecule has 1 saturated heterocycles. The quantitative estimate of drug-likeness (QED) is 0.329. The Kier molecular flexibility index (Phi) is 8.97. The minimum Gasteiger partial charge on any atom is -0.321 e. The molecule has 2 fully saturated rings. The van der Waals surface area contributed by atoms with Crippen LogP contribution in [-0.4, -0.2) is 53.5 Å². The van der Waals surface area contributed by atoms with E-state index >= 15 is 0 Å². The van der Waals surface area contributed by atoms with Crippen molar-refractivity contribution in [2.75, 3.05) is 20.6 Å². The molecule has 1 aliphatic heterocycles. The van der Waals surface area contributed by atoms with Crippen LogP contribution in [0.3, 0.4) is 0 Å². The number of rotatable bonds is 5. The molecule has 0 spiro atoms. The molecule has 2 aromatic rings. The first-order chi connectivity index (χ1) is 19.1. The molecule has 41 heavy (non-hydrogen) atoms. The summed E-state index contributed by atoms with van der Waals surface area (Å²) in [4.78, 5) is 19.1. The fraction of sp³-hybridized carbons (Fsp3) is 0.567. The largest absolute Gasteiger partial charge is 0.416 e. The van der Waals surface area contributed by atoms with Gasteiger partial charge in [0.05, 0.1) is 23.2 Å². The molecule has 226 valence electrons. The van der Waals surface area contributed by atoms with E-state index in [-0.39, 0.29) is 17.7 Å². The van der Waals surface area contributed by atoms with Crippen LogP contribution < -0.4 is 0 Å². The number of carbonyl (C=O) groups is 1. The predicted molar refractivity (Wildman–Crippen MR) is 142 cm³/mol. The molecule has 1 saturated carbocycles. The first-order valence-corrected chi connectivity index (χ1v) is 13.9. The Morgan fingerprint density at radius 2 is 1.49 bits per heavy atom. The summed E-state index contributed by atoms with van der Waals surface area (Å²) >= 11 is 0. The predicted octanol–water partition coefficient (Wildman–Crippen LogP) is 8.36. The maximum absolute atomic E-state index is 14.0. The Hall–Kier alpha value is -2.82. The van der Waals surface area contributed by atoms with E-state index in [2.05, 4.69) is 4.90 Å². The molecule has 1 aliphatic carbocycles. The summed E-state index contributed by atoms with van der Waals surface area (Å²) in [5.74, 6) is -0.407. The molecule has 4 nitrogen and oxygen atoms in total. The Labute approximate surface area is 236 Å². The third-order valence-corrected chi connectivity index (χ3v) is 8.81. The number of halogens is 7. The zero-order valence-electron chi connectivity index (χ0n) is 23.6. The normalized spacial score (nSPS) is 21.4. The van der Waals surface area contributed by atoms with Gasteiger partial charge in [-0.25, -0.2) is 9.18 Å². The highest BCUT2D eigenvalue weighted by Gasteiger charge is 2.44. The summed E-state index contributed by atoms with van der Waals surface area (Å²) in [5.41, 5.74) is -1.69. The van der Waals surface area contributed by atoms with Crippen LogP contribution in [0.1, 0.15) is 85.3 Å². The Bertz CT molecular complexity index is 1210. The molecular weight excluding hydrogens is 551 g/mol. The zero-order valence-corrected chi connectivity index (χ0v) is 23.6. The molecule has 1 heterocycles. The van der Waals surface area contributed by atoms with E-state index in [4.69, 9.17) is 0 Å². The number of urea groups is 1. The fourth-order valence-electron chi connectivity index (χ4n) is 6.33. The van der Waals surface area contributed by atoms with Crippen LogP contribution in [0.15, 0.2) is 36.4 Å². The molecule has 0 radical (unpaired) electrons. The Balaban J connectivity index is 1.68. The average molecular weight is 588 g/mol. The maximum Gasteiger partial charge on any atom is 0.416 e. The smallest absolute Gasteiger partial charge is 0.321 e. The fourth-order valence-corrected chi connectivity index (χ4v) is 6.33. The molecule has 11 heteroatoms.